The van der Waals surface area contributed by atoms with Gasteiger partial charge in [0.05, 0.1) is 23.0 Å². The van der Waals surface area contributed by atoms with Crippen LogP contribution in [0.4, 0.5) is 28.9 Å². The van der Waals surface area contributed by atoms with Crippen molar-refractivity contribution in [1.29, 1.82) is 5.26 Å². The molecule has 1 aliphatic carbocycles. The van der Waals surface area contributed by atoms with Crippen LogP contribution in [0.3, 0.4) is 0 Å². The number of carbonyl (C=O) groups is 3. The summed E-state index contributed by atoms with van der Waals surface area (Å²) in [6, 6.07) is 13.2. The summed E-state index contributed by atoms with van der Waals surface area (Å²) in [5.74, 6) is -3.02. The number of fused-ring (bicyclic) bond motifs is 1. The zero-order valence-electron chi connectivity index (χ0n) is 26.1. The molecular formula is C34H30F4N6O4. The Labute approximate surface area is 272 Å². The van der Waals surface area contributed by atoms with Gasteiger partial charge in [0.25, 0.3) is 11.8 Å². The van der Waals surface area contributed by atoms with Gasteiger partial charge in [-0.25, -0.2) is 9.37 Å². The summed E-state index contributed by atoms with van der Waals surface area (Å²) >= 11 is 0. The highest BCUT2D eigenvalue weighted by Crippen LogP contribution is 2.55. The van der Waals surface area contributed by atoms with E-state index in [1.54, 1.807) is 56.1 Å². The predicted molar refractivity (Wildman–Crippen MR) is 166 cm³/mol. The first-order chi connectivity index (χ1) is 22.6. The Morgan fingerprint density at radius 2 is 1.85 bits per heavy atom. The maximum atomic E-state index is 15.8. The molecule has 14 heteroatoms. The molecule has 3 heterocycles. The zero-order chi connectivity index (χ0) is 34.6. The van der Waals surface area contributed by atoms with E-state index >= 15 is 4.39 Å². The molecule has 6 rings (SSSR count). The monoisotopic (exact) mass is 662 g/mol. The molecule has 2 aliphatic rings. The lowest BCUT2D eigenvalue weighted by Crippen LogP contribution is -2.55. The third-order valence-electron chi connectivity index (χ3n) is 8.50. The van der Waals surface area contributed by atoms with Crippen molar-refractivity contribution in [3.8, 4) is 6.07 Å². The van der Waals surface area contributed by atoms with Gasteiger partial charge < -0.3 is 19.9 Å². The van der Waals surface area contributed by atoms with Crippen molar-refractivity contribution >= 4 is 40.1 Å². The molecule has 2 aromatic carbocycles. The van der Waals surface area contributed by atoms with Crippen LogP contribution in [0.2, 0.25) is 0 Å². The number of nitrogens with one attached hydrogen (secondary N) is 2. The number of amides is 2. The minimum absolute atomic E-state index is 0.186. The number of anilines is 2. The molecule has 1 aliphatic heterocycles. The molecule has 248 valence electrons. The van der Waals surface area contributed by atoms with Crippen molar-refractivity contribution in [3.05, 3.63) is 89.1 Å². The average Bonchev–Trinajstić information content (AvgIpc) is 3.54. The van der Waals surface area contributed by atoms with Gasteiger partial charge in [0, 0.05) is 28.4 Å². The highest BCUT2D eigenvalue weighted by Gasteiger charge is 2.62. The molecule has 1 unspecified atom stereocenters. The Balaban J connectivity index is 1.45. The Morgan fingerprint density at radius 1 is 1.12 bits per heavy atom. The summed E-state index contributed by atoms with van der Waals surface area (Å²) in [5.41, 5.74) is -3.26. The highest BCUT2D eigenvalue weighted by atomic mass is 19.4. The molecule has 48 heavy (non-hydrogen) atoms. The van der Waals surface area contributed by atoms with E-state index in [1.807, 2.05) is 0 Å². The normalized spacial score (nSPS) is 17.4. The van der Waals surface area contributed by atoms with Gasteiger partial charge in [-0.05, 0) is 70.4 Å². The number of pyridine rings is 1. The Kier molecular flexibility index (Phi) is 7.89. The number of benzene rings is 2. The van der Waals surface area contributed by atoms with E-state index in [0.717, 1.165) is 18.3 Å². The fourth-order valence-corrected chi connectivity index (χ4v) is 6.34. The molecule has 1 spiro atoms. The topological polar surface area (TPSA) is 131 Å². The average molecular weight is 663 g/mol. The Bertz CT molecular complexity index is 1990. The van der Waals surface area contributed by atoms with Gasteiger partial charge in [0.15, 0.2) is 5.69 Å². The number of alkyl halides is 3. The number of esters is 1. The van der Waals surface area contributed by atoms with E-state index in [4.69, 9.17) is 4.74 Å². The van der Waals surface area contributed by atoms with E-state index in [1.165, 1.54) is 23.1 Å². The number of halogens is 4. The maximum Gasteiger partial charge on any atom is 0.419 e. The summed E-state index contributed by atoms with van der Waals surface area (Å²) in [4.78, 5) is 49.2. The fourth-order valence-electron chi connectivity index (χ4n) is 6.34. The van der Waals surface area contributed by atoms with Crippen molar-refractivity contribution in [2.24, 2.45) is 0 Å². The van der Waals surface area contributed by atoms with Gasteiger partial charge in [0.1, 0.15) is 35.7 Å². The van der Waals surface area contributed by atoms with Crippen LogP contribution >= 0.6 is 0 Å². The minimum atomic E-state index is -4.93. The van der Waals surface area contributed by atoms with Crippen molar-refractivity contribution in [2.75, 3.05) is 16.3 Å². The van der Waals surface area contributed by atoms with Crippen LogP contribution in [0.1, 0.15) is 73.4 Å². The van der Waals surface area contributed by atoms with Crippen LogP contribution in [0.15, 0.2) is 60.9 Å². The molecule has 2 fully saturated rings. The summed E-state index contributed by atoms with van der Waals surface area (Å²) in [5, 5.41) is 12.4. The molecular weight excluding hydrogens is 632 g/mol. The number of ether oxygens (including phenoxy) is 1. The second-order valence-corrected chi connectivity index (χ2v) is 12.7. The largest absolute Gasteiger partial charge is 0.459 e. The first-order valence-corrected chi connectivity index (χ1v) is 15.1. The van der Waals surface area contributed by atoms with Gasteiger partial charge in [-0.15, -0.1) is 0 Å². The van der Waals surface area contributed by atoms with E-state index in [0.29, 0.717) is 35.7 Å². The number of nitrogens with zero attached hydrogens (tertiary/aromatic N) is 4. The molecule has 10 nitrogen and oxygen atoms in total. The second-order valence-electron chi connectivity index (χ2n) is 12.7. The zero-order valence-corrected chi connectivity index (χ0v) is 26.1. The standard InChI is InChI=1S/C34H30F4N6O4/c1-32(2,3)48-28(45)18-42-29(46)22-10-9-19(14-25(22)35)44-30(23-17-41-26-8-5-4-7-21(23)26)43(31(47)33(44)11-6-12-33)20-13-24(34(36,37)38)27(15-39)40-16-20/h4-5,7-10,13-14,16-17,30,41H,6,11-12,18H2,1-3H3,(H,42,46). The smallest absolute Gasteiger partial charge is 0.419 e. The summed E-state index contributed by atoms with van der Waals surface area (Å²) in [7, 11) is 0. The lowest BCUT2D eigenvalue weighted by Gasteiger charge is -2.45. The molecule has 0 radical (unpaired) electrons. The van der Waals surface area contributed by atoms with Gasteiger partial charge in [-0.1, -0.05) is 18.2 Å². The minimum Gasteiger partial charge on any atom is -0.459 e. The van der Waals surface area contributed by atoms with Crippen LogP contribution < -0.4 is 15.1 Å². The molecule has 4 aromatic rings. The molecule has 2 amide bonds. The number of hydrogen-bond acceptors (Lipinski definition) is 7. The van der Waals surface area contributed by atoms with E-state index in [9.17, 15) is 32.8 Å². The van der Waals surface area contributed by atoms with Gasteiger partial charge in [-0.3, -0.25) is 19.3 Å². The lowest BCUT2D eigenvalue weighted by molar-refractivity contribution is -0.153. The molecule has 0 bridgehead atoms. The number of hydrogen-bond donors (Lipinski definition) is 2. The first kappa shape index (κ1) is 32.5. The van der Waals surface area contributed by atoms with Gasteiger partial charge in [0.2, 0.25) is 0 Å². The number of carbonyl (C=O) groups excluding carboxylic acids is 3. The number of aromatic nitrogens is 2. The second kappa shape index (κ2) is 11.7. The number of nitriles is 1. The SMILES string of the molecule is CC(C)(C)OC(=O)CNC(=O)c1ccc(N2C(c3c[nH]c4ccccc34)N(c3cnc(C#N)c(C(F)(F)F)c3)C(=O)C23CCC3)cc1F. The Hall–Kier alpha value is -5.45. The first-order valence-electron chi connectivity index (χ1n) is 15.1. The number of rotatable bonds is 6. The van der Waals surface area contributed by atoms with Crippen molar-refractivity contribution in [2.45, 2.75) is 63.5 Å². The van der Waals surface area contributed by atoms with E-state index < -0.39 is 64.9 Å². The third kappa shape index (κ3) is 5.59. The van der Waals surface area contributed by atoms with Crippen molar-refractivity contribution in [1.82, 2.24) is 15.3 Å². The maximum absolute atomic E-state index is 15.8. The van der Waals surface area contributed by atoms with Crippen LogP contribution in [0.5, 0.6) is 0 Å². The fraction of sp³-hybridized carbons (Fsp3) is 0.324. The third-order valence-corrected chi connectivity index (χ3v) is 8.50. The van der Waals surface area contributed by atoms with Crippen LogP contribution in [0.25, 0.3) is 10.9 Å². The van der Waals surface area contributed by atoms with Crippen LogP contribution in [-0.2, 0) is 20.5 Å². The molecule has 1 saturated carbocycles. The van der Waals surface area contributed by atoms with E-state index in [-0.39, 0.29) is 16.9 Å². The van der Waals surface area contributed by atoms with Crippen LogP contribution in [-0.4, -0.2) is 45.4 Å². The molecule has 2 aromatic heterocycles. The summed E-state index contributed by atoms with van der Waals surface area (Å²) in [6.07, 6.45) is -2.00. The lowest BCUT2D eigenvalue weighted by atomic mass is 9.75. The quantitative estimate of drug-likeness (QED) is 0.187. The highest BCUT2D eigenvalue weighted by molar-refractivity contribution is 6.09. The number of para-hydroxylation sites is 1. The Morgan fingerprint density at radius 3 is 2.48 bits per heavy atom. The summed E-state index contributed by atoms with van der Waals surface area (Å²) in [6.45, 7) is 4.51. The number of H-pyrrole nitrogens is 1. The number of aromatic amines is 1. The molecule has 1 atom stereocenters. The molecule has 2 N–H and O–H groups in total. The van der Waals surface area contributed by atoms with Crippen LogP contribution in [0, 0.1) is 17.1 Å². The van der Waals surface area contributed by atoms with E-state index in [2.05, 4.69) is 15.3 Å². The summed E-state index contributed by atoms with van der Waals surface area (Å²) < 4.78 is 63.1. The van der Waals surface area contributed by atoms with Crippen molar-refractivity contribution in [3.63, 3.8) is 0 Å². The van der Waals surface area contributed by atoms with Gasteiger partial charge >= 0.3 is 12.1 Å². The predicted octanol–water partition coefficient (Wildman–Crippen LogP) is 6.14. The van der Waals surface area contributed by atoms with Crippen molar-refractivity contribution < 1.29 is 36.7 Å². The van der Waals surface area contributed by atoms with Gasteiger partial charge in [-0.2, -0.15) is 18.4 Å². The molecule has 1 saturated heterocycles.